The van der Waals surface area contributed by atoms with E-state index in [2.05, 4.69) is 4.98 Å². The fraction of sp³-hybridized carbons (Fsp3) is 0.389. The third-order valence-electron chi connectivity index (χ3n) is 4.98. The minimum Gasteiger partial charge on any atom is -0.493 e. The molecule has 1 saturated heterocycles. The first-order valence-electron chi connectivity index (χ1n) is 8.34. The van der Waals surface area contributed by atoms with Crippen LogP contribution in [0.4, 0.5) is 0 Å². The van der Waals surface area contributed by atoms with Crippen LogP contribution in [0.3, 0.4) is 0 Å². The summed E-state index contributed by atoms with van der Waals surface area (Å²) in [4.78, 5) is 32.9. The highest BCUT2D eigenvalue weighted by Crippen LogP contribution is 2.39. The highest BCUT2D eigenvalue weighted by molar-refractivity contribution is 7.07. The third kappa shape index (κ3) is 2.70. The van der Waals surface area contributed by atoms with Gasteiger partial charge in [-0.05, 0) is 29.7 Å². The molecule has 2 aromatic rings. The van der Waals surface area contributed by atoms with Crippen molar-refractivity contribution in [2.24, 2.45) is 0 Å². The molecular formula is C18H19N3O4S. The van der Waals surface area contributed by atoms with E-state index in [1.54, 1.807) is 30.0 Å². The van der Waals surface area contributed by atoms with Gasteiger partial charge >= 0.3 is 0 Å². The second-order valence-corrected chi connectivity index (χ2v) is 7.04. The highest BCUT2D eigenvalue weighted by atomic mass is 32.1. The van der Waals surface area contributed by atoms with E-state index >= 15 is 0 Å². The number of hydrogen-bond acceptors (Lipinski definition) is 6. The number of aromatic nitrogens is 1. The zero-order valence-corrected chi connectivity index (χ0v) is 15.4. The Morgan fingerprint density at radius 2 is 2.04 bits per heavy atom. The number of benzene rings is 1. The first kappa shape index (κ1) is 16.8. The highest BCUT2D eigenvalue weighted by Gasteiger charge is 2.39. The van der Waals surface area contributed by atoms with Crippen molar-refractivity contribution >= 4 is 23.2 Å². The number of hydrogen-bond donors (Lipinski definition) is 0. The van der Waals surface area contributed by atoms with Crippen LogP contribution in [0.2, 0.25) is 0 Å². The van der Waals surface area contributed by atoms with Crippen molar-refractivity contribution in [3.63, 3.8) is 0 Å². The van der Waals surface area contributed by atoms with Gasteiger partial charge in [0.2, 0.25) is 5.91 Å². The lowest BCUT2D eigenvalue weighted by molar-refractivity contribution is -0.139. The Labute approximate surface area is 155 Å². The van der Waals surface area contributed by atoms with Gasteiger partial charge in [0.25, 0.3) is 5.91 Å². The Morgan fingerprint density at radius 1 is 1.27 bits per heavy atom. The molecule has 0 bridgehead atoms. The fourth-order valence-corrected chi connectivity index (χ4v) is 4.21. The van der Waals surface area contributed by atoms with Crippen molar-refractivity contribution in [1.29, 1.82) is 0 Å². The van der Waals surface area contributed by atoms with Crippen LogP contribution in [0.25, 0.3) is 0 Å². The number of carbonyl (C=O) groups excluding carboxylic acids is 2. The van der Waals surface area contributed by atoms with Crippen LogP contribution in [-0.4, -0.2) is 60.5 Å². The quantitative estimate of drug-likeness (QED) is 0.820. The molecule has 1 fully saturated rings. The Kier molecular flexibility index (Phi) is 4.28. The van der Waals surface area contributed by atoms with Gasteiger partial charge in [-0.1, -0.05) is 0 Å². The number of amides is 2. The maximum absolute atomic E-state index is 12.7. The molecule has 136 valence electrons. The molecule has 0 N–H and O–H groups in total. The van der Waals surface area contributed by atoms with Gasteiger partial charge in [-0.3, -0.25) is 9.59 Å². The molecule has 2 aliphatic heterocycles. The predicted molar refractivity (Wildman–Crippen MR) is 95.7 cm³/mol. The van der Waals surface area contributed by atoms with Crippen molar-refractivity contribution in [3.8, 4) is 11.5 Å². The number of fused-ring (bicyclic) bond motifs is 3. The van der Waals surface area contributed by atoms with E-state index < -0.39 is 0 Å². The van der Waals surface area contributed by atoms with E-state index in [-0.39, 0.29) is 24.4 Å². The average molecular weight is 373 g/mol. The van der Waals surface area contributed by atoms with Crippen LogP contribution in [0.1, 0.15) is 27.7 Å². The summed E-state index contributed by atoms with van der Waals surface area (Å²) in [6.45, 7) is 1.19. The van der Waals surface area contributed by atoms with E-state index in [0.717, 1.165) is 17.5 Å². The van der Waals surface area contributed by atoms with Gasteiger partial charge in [0.05, 0.1) is 25.8 Å². The number of ether oxygens (including phenoxy) is 2. The molecule has 3 heterocycles. The summed E-state index contributed by atoms with van der Waals surface area (Å²) >= 11 is 1.37. The molecule has 2 amide bonds. The van der Waals surface area contributed by atoms with Crippen LogP contribution in [0, 0.1) is 0 Å². The van der Waals surface area contributed by atoms with Crippen LogP contribution in [0.5, 0.6) is 11.5 Å². The number of thiazole rings is 1. The second-order valence-electron chi connectivity index (χ2n) is 6.32. The lowest BCUT2D eigenvalue weighted by atomic mass is 9.90. The second kappa shape index (κ2) is 6.60. The first-order chi connectivity index (χ1) is 12.6. The SMILES string of the molecule is COc1cc2c(cc1OC)C1CN(C(=O)c3cscn3)CC(=O)N1CC2. The van der Waals surface area contributed by atoms with Crippen molar-refractivity contribution in [1.82, 2.24) is 14.8 Å². The summed E-state index contributed by atoms with van der Waals surface area (Å²) in [7, 11) is 3.20. The molecule has 26 heavy (non-hydrogen) atoms. The minimum atomic E-state index is -0.202. The van der Waals surface area contributed by atoms with Crippen LogP contribution >= 0.6 is 11.3 Å². The molecule has 1 atom stereocenters. The number of nitrogens with zero attached hydrogens (tertiary/aromatic N) is 3. The summed E-state index contributed by atoms with van der Waals surface area (Å²) in [5.41, 5.74) is 4.15. The number of rotatable bonds is 3. The predicted octanol–water partition coefficient (Wildman–Crippen LogP) is 1.74. The lowest BCUT2D eigenvalue weighted by Gasteiger charge is -2.44. The molecule has 7 nitrogen and oxygen atoms in total. The standard InChI is InChI=1S/C18H19N3O4S/c1-24-15-5-11-3-4-21-14(12(11)6-16(15)25-2)7-20(8-17(21)22)18(23)13-9-26-10-19-13/h5-6,9-10,14H,3-4,7-8H2,1-2H3. The molecule has 8 heteroatoms. The normalized spacial score (nSPS) is 19.0. The average Bonchev–Trinajstić information content (AvgIpc) is 3.20. The molecule has 1 unspecified atom stereocenters. The van der Waals surface area contributed by atoms with E-state index in [4.69, 9.17) is 9.47 Å². The number of methoxy groups -OCH3 is 2. The summed E-state index contributed by atoms with van der Waals surface area (Å²) in [5, 5.41) is 1.71. The van der Waals surface area contributed by atoms with Gasteiger partial charge in [-0.2, -0.15) is 0 Å². The van der Waals surface area contributed by atoms with Gasteiger partial charge in [0, 0.05) is 18.5 Å². The van der Waals surface area contributed by atoms with Crippen molar-refractivity contribution in [2.45, 2.75) is 12.5 Å². The third-order valence-corrected chi connectivity index (χ3v) is 5.57. The van der Waals surface area contributed by atoms with Gasteiger partial charge in [0.15, 0.2) is 11.5 Å². The fourth-order valence-electron chi connectivity index (χ4n) is 3.69. The molecule has 1 aromatic carbocycles. The summed E-state index contributed by atoms with van der Waals surface area (Å²) in [6, 6.07) is 3.72. The van der Waals surface area contributed by atoms with E-state index in [1.165, 1.54) is 11.3 Å². The van der Waals surface area contributed by atoms with Crippen molar-refractivity contribution in [3.05, 3.63) is 39.8 Å². The summed E-state index contributed by atoms with van der Waals surface area (Å²) in [5.74, 6) is 1.07. The number of carbonyl (C=O) groups is 2. The summed E-state index contributed by atoms with van der Waals surface area (Å²) in [6.07, 6.45) is 0.762. The molecule has 4 rings (SSSR count). The molecule has 0 spiro atoms. The topological polar surface area (TPSA) is 72.0 Å². The molecular weight excluding hydrogens is 354 g/mol. The Hall–Kier alpha value is -2.61. The maximum Gasteiger partial charge on any atom is 0.273 e. The van der Waals surface area contributed by atoms with E-state index in [0.29, 0.717) is 30.3 Å². The van der Waals surface area contributed by atoms with Crippen LogP contribution < -0.4 is 9.47 Å². The molecule has 0 radical (unpaired) electrons. The van der Waals surface area contributed by atoms with Crippen LogP contribution in [-0.2, 0) is 11.2 Å². The number of piperazine rings is 1. The zero-order valence-electron chi connectivity index (χ0n) is 14.6. The van der Waals surface area contributed by atoms with Gasteiger partial charge < -0.3 is 19.3 Å². The van der Waals surface area contributed by atoms with Gasteiger partial charge in [-0.25, -0.2) is 4.98 Å². The smallest absolute Gasteiger partial charge is 0.273 e. The van der Waals surface area contributed by atoms with Gasteiger partial charge in [-0.15, -0.1) is 11.3 Å². The largest absolute Gasteiger partial charge is 0.493 e. The Bertz CT molecular complexity index is 852. The molecule has 2 aliphatic rings. The molecule has 0 aliphatic carbocycles. The monoisotopic (exact) mass is 373 g/mol. The van der Waals surface area contributed by atoms with Crippen molar-refractivity contribution < 1.29 is 19.1 Å². The van der Waals surface area contributed by atoms with Gasteiger partial charge in [0.1, 0.15) is 12.2 Å². The maximum atomic E-state index is 12.7. The Morgan fingerprint density at radius 3 is 2.73 bits per heavy atom. The van der Waals surface area contributed by atoms with Crippen LogP contribution in [0.15, 0.2) is 23.0 Å². The summed E-state index contributed by atoms with van der Waals surface area (Å²) < 4.78 is 10.8. The van der Waals surface area contributed by atoms with E-state index in [9.17, 15) is 9.59 Å². The minimum absolute atomic E-state index is 0.0368. The lowest BCUT2D eigenvalue weighted by Crippen LogP contribution is -2.55. The Balaban J connectivity index is 1.69. The molecule has 1 aromatic heterocycles. The molecule has 0 saturated carbocycles. The van der Waals surface area contributed by atoms with Crippen molar-refractivity contribution in [2.75, 3.05) is 33.9 Å². The zero-order chi connectivity index (χ0) is 18.3. The first-order valence-corrected chi connectivity index (χ1v) is 9.28. The van der Waals surface area contributed by atoms with E-state index in [1.807, 2.05) is 17.0 Å².